The van der Waals surface area contributed by atoms with Crippen molar-refractivity contribution in [3.8, 4) is 0 Å². The van der Waals surface area contributed by atoms with Gasteiger partial charge >= 0.3 is 6.18 Å². The van der Waals surface area contributed by atoms with Crippen LogP contribution in [0.3, 0.4) is 0 Å². The van der Waals surface area contributed by atoms with E-state index in [0.717, 1.165) is 36.7 Å². The highest BCUT2D eigenvalue weighted by Gasteiger charge is 2.32. The zero-order valence-corrected chi connectivity index (χ0v) is 12.9. The predicted octanol–water partition coefficient (Wildman–Crippen LogP) is 2.48. The summed E-state index contributed by atoms with van der Waals surface area (Å²) in [5.74, 6) is 2.06. The minimum absolute atomic E-state index is 0.0980. The zero-order chi connectivity index (χ0) is 17.0. The second-order valence-electron chi connectivity index (χ2n) is 4.92. The molecular weight excluding hydrogens is 333 g/mol. The molecule has 1 saturated heterocycles. The molecule has 1 aliphatic heterocycles. The summed E-state index contributed by atoms with van der Waals surface area (Å²) in [4.78, 5) is 15.8. The van der Waals surface area contributed by atoms with Crippen molar-refractivity contribution in [2.75, 3.05) is 24.6 Å². The standard InChI is InChI=1S/C13H15F3N4O2S/c14-13(15,16)10-5-9(6-11(7-10)20(21)22)8-18-12(17)19-1-3-23-4-2-19/h5-7H,1-4,8H2,(H2,17,18). The number of halogens is 3. The number of nitro benzene ring substituents is 1. The van der Waals surface area contributed by atoms with Crippen LogP contribution >= 0.6 is 11.8 Å². The van der Waals surface area contributed by atoms with Crippen molar-refractivity contribution < 1.29 is 18.1 Å². The highest BCUT2D eigenvalue weighted by atomic mass is 32.2. The first-order chi connectivity index (χ1) is 10.8. The Kier molecular flexibility index (Phi) is 5.34. The second kappa shape index (κ2) is 7.07. The number of thioether (sulfide) groups is 1. The zero-order valence-electron chi connectivity index (χ0n) is 12.0. The Bertz CT molecular complexity index is 616. The average molecular weight is 348 g/mol. The highest BCUT2D eigenvalue weighted by Crippen LogP contribution is 2.32. The molecule has 6 nitrogen and oxygen atoms in total. The molecule has 0 unspecified atom stereocenters. The summed E-state index contributed by atoms with van der Waals surface area (Å²) in [6, 6.07) is 2.45. The molecule has 0 saturated carbocycles. The molecule has 1 aromatic rings. The lowest BCUT2D eigenvalue weighted by Gasteiger charge is -2.27. The minimum atomic E-state index is -4.65. The lowest BCUT2D eigenvalue weighted by molar-refractivity contribution is -0.385. The van der Waals surface area contributed by atoms with Gasteiger partial charge in [0.05, 0.1) is 17.0 Å². The summed E-state index contributed by atoms with van der Waals surface area (Å²) >= 11 is 1.79. The van der Waals surface area contributed by atoms with Crippen LogP contribution in [0.1, 0.15) is 11.1 Å². The maximum Gasteiger partial charge on any atom is 0.416 e. The summed E-state index contributed by atoms with van der Waals surface area (Å²) in [6.45, 7) is 1.31. The molecule has 10 heteroatoms. The van der Waals surface area contributed by atoms with Crippen LogP contribution in [0.2, 0.25) is 0 Å². The van der Waals surface area contributed by atoms with Gasteiger partial charge in [-0.25, -0.2) is 4.99 Å². The molecular formula is C13H15F3N4O2S. The van der Waals surface area contributed by atoms with Crippen molar-refractivity contribution in [1.82, 2.24) is 4.90 Å². The van der Waals surface area contributed by atoms with Gasteiger partial charge in [0.25, 0.3) is 5.69 Å². The van der Waals surface area contributed by atoms with E-state index in [-0.39, 0.29) is 18.1 Å². The van der Waals surface area contributed by atoms with Gasteiger partial charge in [0.2, 0.25) is 0 Å². The Balaban J connectivity index is 2.21. The maximum absolute atomic E-state index is 12.8. The van der Waals surface area contributed by atoms with Gasteiger partial charge in [-0.3, -0.25) is 10.1 Å². The first-order valence-corrected chi connectivity index (χ1v) is 7.91. The molecule has 0 radical (unpaired) electrons. The number of rotatable bonds is 3. The van der Waals surface area contributed by atoms with Crippen molar-refractivity contribution >= 4 is 23.4 Å². The number of hydrogen-bond acceptors (Lipinski definition) is 4. The van der Waals surface area contributed by atoms with Gasteiger partial charge in [-0.15, -0.1) is 0 Å². The molecule has 1 fully saturated rings. The van der Waals surface area contributed by atoms with Crippen molar-refractivity contribution in [2.24, 2.45) is 10.7 Å². The molecule has 1 aromatic carbocycles. The quantitative estimate of drug-likeness (QED) is 0.393. The number of nitrogens with zero attached hydrogens (tertiary/aromatic N) is 3. The third-order valence-corrected chi connectivity index (χ3v) is 4.22. The predicted molar refractivity (Wildman–Crippen MR) is 82.3 cm³/mol. The number of hydrogen-bond donors (Lipinski definition) is 1. The van der Waals surface area contributed by atoms with Crippen LogP contribution in [-0.4, -0.2) is 40.4 Å². The molecule has 0 atom stereocenters. The topological polar surface area (TPSA) is 84.8 Å². The van der Waals surface area contributed by atoms with Gasteiger partial charge in [0, 0.05) is 36.7 Å². The summed E-state index contributed by atoms with van der Waals surface area (Å²) in [5.41, 5.74) is 4.25. The first kappa shape index (κ1) is 17.4. The van der Waals surface area contributed by atoms with Crippen LogP contribution in [0.4, 0.5) is 18.9 Å². The Hall–Kier alpha value is -1.97. The molecule has 0 aromatic heterocycles. The van der Waals surface area contributed by atoms with Crippen LogP contribution < -0.4 is 5.73 Å². The molecule has 1 aliphatic rings. The summed E-state index contributed by atoms with van der Waals surface area (Å²) in [6.07, 6.45) is -4.65. The number of alkyl halides is 3. The maximum atomic E-state index is 12.8. The number of aliphatic imine (C=N–C) groups is 1. The number of guanidine groups is 1. The Labute approximate surface area is 134 Å². The molecule has 0 aliphatic carbocycles. The summed E-state index contributed by atoms with van der Waals surface area (Å²) in [5, 5.41) is 10.8. The third-order valence-electron chi connectivity index (χ3n) is 3.27. The number of nitrogens with two attached hydrogens (primary N) is 1. The Morgan fingerprint density at radius 2 is 2.00 bits per heavy atom. The summed E-state index contributed by atoms with van der Waals surface area (Å²) in [7, 11) is 0. The monoisotopic (exact) mass is 348 g/mol. The molecule has 0 spiro atoms. The highest BCUT2D eigenvalue weighted by molar-refractivity contribution is 7.99. The van der Waals surface area contributed by atoms with E-state index in [1.165, 1.54) is 0 Å². The van der Waals surface area contributed by atoms with E-state index in [1.807, 2.05) is 4.90 Å². The molecule has 2 N–H and O–H groups in total. The molecule has 1 heterocycles. The molecule has 2 rings (SSSR count). The fourth-order valence-electron chi connectivity index (χ4n) is 2.10. The number of nitro groups is 1. The third kappa shape index (κ3) is 4.75. The SMILES string of the molecule is NC(=NCc1cc([N+](=O)[O-])cc(C(F)(F)F)c1)N1CCSCC1. The van der Waals surface area contributed by atoms with Gasteiger partial charge in [-0.1, -0.05) is 0 Å². The minimum Gasteiger partial charge on any atom is -0.370 e. The van der Waals surface area contributed by atoms with Crippen LogP contribution in [-0.2, 0) is 12.7 Å². The van der Waals surface area contributed by atoms with E-state index in [9.17, 15) is 23.3 Å². The van der Waals surface area contributed by atoms with Crippen molar-refractivity contribution in [3.63, 3.8) is 0 Å². The fourth-order valence-corrected chi connectivity index (χ4v) is 3.00. The van der Waals surface area contributed by atoms with Crippen molar-refractivity contribution in [2.45, 2.75) is 12.7 Å². The smallest absolute Gasteiger partial charge is 0.370 e. The molecule has 0 amide bonds. The lowest BCUT2D eigenvalue weighted by atomic mass is 10.1. The fraction of sp³-hybridized carbons (Fsp3) is 0.462. The van der Waals surface area contributed by atoms with E-state index < -0.39 is 22.4 Å². The second-order valence-corrected chi connectivity index (χ2v) is 6.14. The largest absolute Gasteiger partial charge is 0.416 e. The van der Waals surface area contributed by atoms with E-state index in [2.05, 4.69) is 4.99 Å². The number of non-ortho nitro benzene ring substituents is 1. The van der Waals surface area contributed by atoms with Crippen LogP contribution in [0, 0.1) is 10.1 Å². The van der Waals surface area contributed by atoms with E-state index >= 15 is 0 Å². The first-order valence-electron chi connectivity index (χ1n) is 6.75. The lowest BCUT2D eigenvalue weighted by Crippen LogP contribution is -2.42. The van der Waals surface area contributed by atoms with Gasteiger partial charge in [0.1, 0.15) is 0 Å². The van der Waals surface area contributed by atoms with Crippen molar-refractivity contribution in [3.05, 3.63) is 39.4 Å². The Morgan fingerprint density at radius 3 is 2.57 bits per heavy atom. The van der Waals surface area contributed by atoms with Crippen LogP contribution in [0.15, 0.2) is 23.2 Å². The normalized spacial score (nSPS) is 16.5. The van der Waals surface area contributed by atoms with Gasteiger partial charge in [-0.05, 0) is 11.6 Å². The van der Waals surface area contributed by atoms with Crippen molar-refractivity contribution in [1.29, 1.82) is 0 Å². The van der Waals surface area contributed by atoms with Crippen LogP contribution in [0.5, 0.6) is 0 Å². The van der Waals surface area contributed by atoms with Crippen LogP contribution in [0.25, 0.3) is 0 Å². The van der Waals surface area contributed by atoms with Gasteiger partial charge < -0.3 is 10.6 Å². The molecule has 23 heavy (non-hydrogen) atoms. The van der Waals surface area contributed by atoms with Gasteiger partial charge in [0.15, 0.2) is 5.96 Å². The molecule has 126 valence electrons. The van der Waals surface area contributed by atoms with Gasteiger partial charge in [-0.2, -0.15) is 24.9 Å². The molecule has 0 bridgehead atoms. The van der Waals surface area contributed by atoms with E-state index in [4.69, 9.17) is 5.73 Å². The number of benzene rings is 1. The van der Waals surface area contributed by atoms with E-state index in [1.54, 1.807) is 11.8 Å². The van der Waals surface area contributed by atoms with E-state index in [0.29, 0.717) is 6.07 Å². The Morgan fingerprint density at radius 1 is 1.35 bits per heavy atom. The average Bonchev–Trinajstić information content (AvgIpc) is 2.52. The summed E-state index contributed by atoms with van der Waals surface area (Å²) < 4.78 is 38.4.